The smallest absolute Gasteiger partial charge is 0.257 e. The van der Waals surface area contributed by atoms with Crippen molar-refractivity contribution in [2.75, 3.05) is 12.5 Å². The molecule has 2 heterocycles. The van der Waals surface area contributed by atoms with Crippen molar-refractivity contribution in [2.45, 2.75) is 5.16 Å². The maximum absolute atomic E-state index is 12.8. The molecule has 0 saturated carbocycles. The predicted molar refractivity (Wildman–Crippen MR) is 102 cm³/mol. The molecule has 6 heteroatoms. The molecule has 0 atom stereocenters. The Morgan fingerprint density at radius 1 is 1.27 bits per heavy atom. The summed E-state index contributed by atoms with van der Waals surface area (Å²) in [7, 11) is 0. The van der Waals surface area contributed by atoms with Crippen LogP contribution in [0.1, 0.15) is 10.4 Å². The van der Waals surface area contributed by atoms with Gasteiger partial charge in [-0.25, -0.2) is 4.98 Å². The molecule has 5 nitrogen and oxygen atoms in total. The van der Waals surface area contributed by atoms with Gasteiger partial charge in [0, 0.05) is 6.08 Å². The predicted octanol–water partition coefficient (Wildman–Crippen LogP) is 3.84. The first-order valence-corrected chi connectivity index (χ1v) is 8.90. The van der Waals surface area contributed by atoms with E-state index in [0.29, 0.717) is 22.4 Å². The molecule has 0 radical (unpaired) electrons. The van der Waals surface area contributed by atoms with E-state index >= 15 is 0 Å². The van der Waals surface area contributed by atoms with Crippen molar-refractivity contribution in [3.63, 3.8) is 0 Å². The summed E-state index contributed by atoms with van der Waals surface area (Å²) >= 11 is 1.36. The number of benzene rings is 2. The number of rotatable bonds is 4. The number of aromatic nitrogens is 2. The van der Waals surface area contributed by atoms with Gasteiger partial charge in [0.1, 0.15) is 0 Å². The second kappa shape index (κ2) is 6.98. The molecule has 0 amide bonds. The van der Waals surface area contributed by atoms with Crippen LogP contribution in [0, 0.1) is 12.3 Å². The number of carbonyl (C=O) groups excluding carboxylic acids is 1. The van der Waals surface area contributed by atoms with Crippen molar-refractivity contribution >= 4 is 34.8 Å². The molecular weight excluding hydrogens is 348 g/mol. The third-order valence-corrected chi connectivity index (χ3v) is 4.69. The third-order valence-electron chi connectivity index (χ3n) is 3.85. The first kappa shape index (κ1) is 16.3. The second-order valence-corrected chi connectivity index (χ2v) is 6.44. The van der Waals surface area contributed by atoms with E-state index in [1.165, 1.54) is 17.8 Å². The molecule has 2 aromatic carbocycles. The SMILES string of the molecule is C#CCSc1nc2ccccc2n1C(=O)/C=C/c1ccc2c(c1)OCO2. The number of nitrogens with zero attached hydrogens (tertiary/aromatic N) is 2. The zero-order valence-electron chi connectivity index (χ0n) is 13.7. The number of fused-ring (bicyclic) bond motifs is 2. The summed E-state index contributed by atoms with van der Waals surface area (Å²) in [5, 5.41) is 0.587. The molecule has 1 aliphatic heterocycles. The molecule has 0 unspecified atom stereocenters. The van der Waals surface area contributed by atoms with Crippen molar-refractivity contribution in [1.29, 1.82) is 0 Å². The fraction of sp³-hybridized carbons (Fsp3) is 0.100. The summed E-state index contributed by atoms with van der Waals surface area (Å²) in [6.07, 6.45) is 8.61. The molecule has 0 saturated heterocycles. The van der Waals surface area contributed by atoms with Gasteiger partial charge in [-0.1, -0.05) is 35.9 Å². The van der Waals surface area contributed by atoms with Gasteiger partial charge in [-0.3, -0.25) is 9.36 Å². The summed E-state index contributed by atoms with van der Waals surface area (Å²) < 4.78 is 12.2. The summed E-state index contributed by atoms with van der Waals surface area (Å²) in [5.41, 5.74) is 2.37. The first-order chi connectivity index (χ1) is 12.8. The van der Waals surface area contributed by atoms with Crippen molar-refractivity contribution in [3.8, 4) is 23.8 Å². The lowest BCUT2D eigenvalue weighted by Crippen LogP contribution is -2.08. The van der Waals surface area contributed by atoms with E-state index in [2.05, 4.69) is 10.9 Å². The van der Waals surface area contributed by atoms with Gasteiger partial charge >= 0.3 is 0 Å². The Balaban J connectivity index is 1.66. The van der Waals surface area contributed by atoms with Crippen molar-refractivity contribution < 1.29 is 14.3 Å². The van der Waals surface area contributed by atoms with Gasteiger partial charge in [0.25, 0.3) is 5.91 Å². The van der Waals surface area contributed by atoms with Crippen LogP contribution in [0.5, 0.6) is 11.5 Å². The normalized spacial score (nSPS) is 12.6. The monoisotopic (exact) mass is 362 g/mol. The van der Waals surface area contributed by atoms with Gasteiger partial charge < -0.3 is 9.47 Å². The van der Waals surface area contributed by atoms with Crippen LogP contribution in [0.15, 0.2) is 53.7 Å². The van der Waals surface area contributed by atoms with E-state index in [-0.39, 0.29) is 12.7 Å². The van der Waals surface area contributed by atoms with E-state index in [1.54, 1.807) is 10.6 Å². The molecule has 1 aliphatic rings. The van der Waals surface area contributed by atoms with Crippen LogP contribution in [0.2, 0.25) is 0 Å². The lowest BCUT2D eigenvalue weighted by atomic mass is 10.2. The van der Waals surface area contributed by atoms with Crippen LogP contribution in [0.3, 0.4) is 0 Å². The van der Waals surface area contributed by atoms with Crippen LogP contribution >= 0.6 is 11.8 Å². The molecule has 1 aromatic heterocycles. The summed E-state index contributed by atoms with van der Waals surface area (Å²) in [6.45, 7) is 0.220. The lowest BCUT2D eigenvalue weighted by Gasteiger charge is -2.03. The van der Waals surface area contributed by atoms with Crippen molar-refractivity contribution in [1.82, 2.24) is 9.55 Å². The molecule has 0 bridgehead atoms. The second-order valence-electron chi connectivity index (χ2n) is 5.50. The number of thioether (sulfide) groups is 1. The Hall–Kier alpha value is -3.17. The van der Waals surface area contributed by atoms with E-state index < -0.39 is 0 Å². The average molecular weight is 362 g/mol. The van der Waals surface area contributed by atoms with Gasteiger partial charge in [0.05, 0.1) is 16.8 Å². The number of terminal acetylenes is 1. The van der Waals surface area contributed by atoms with Crippen LogP contribution in [0.25, 0.3) is 17.1 Å². The number of hydrogen-bond acceptors (Lipinski definition) is 5. The Morgan fingerprint density at radius 3 is 3.00 bits per heavy atom. The number of carbonyl (C=O) groups is 1. The Bertz CT molecular complexity index is 1060. The topological polar surface area (TPSA) is 53.4 Å². The number of imidazole rings is 1. The maximum Gasteiger partial charge on any atom is 0.257 e. The molecule has 3 aromatic rings. The summed E-state index contributed by atoms with van der Waals surface area (Å²) in [4.78, 5) is 17.3. The van der Waals surface area contributed by atoms with Gasteiger partial charge in [-0.15, -0.1) is 6.42 Å². The standard InChI is InChI=1S/C20H14N2O3S/c1-2-11-26-20-21-15-5-3-4-6-16(15)22(20)19(23)10-8-14-7-9-17-18(12-14)25-13-24-17/h1,3-10,12H,11,13H2/b10-8+. The van der Waals surface area contributed by atoms with Crippen LogP contribution in [-0.4, -0.2) is 28.0 Å². The molecule has 0 spiro atoms. The molecular formula is C20H14N2O3S. The fourth-order valence-electron chi connectivity index (χ4n) is 2.68. The zero-order chi connectivity index (χ0) is 17.9. The molecule has 4 rings (SSSR count). The van der Waals surface area contributed by atoms with E-state index in [1.807, 2.05) is 42.5 Å². The fourth-order valence-corrected chi connectivity index (χ4v) is 3.37. The average Bonchev–Trinajstić information content (AvgIpc) is 3.27. The lowest BCUT2D eigenvalue weighted by molar-refractivity contribution is 0.0965. The highest BCUT2D eigenvalue weighted by Gasteiger charge is 2.16. The third kappa shape index (κ3) is 3.05. The van der Waals surface area contributed by atoms with Crippen molar-refractivity contribution in [3.05, 3.63) is 54.1 Å². The minimum Gasteiger partial charge on any atom is -0.454 e. The Morgan fingerprint density at radius 2 is 2.12 bits per heavy atom. The van der Waals surface area contributed by atoms with Crippen LogP contribution in [0.4, 0.5) is 0 Å². The van der Waals surface area contributed by atoms with E-state index in [0.717, 1.165) is 16.6 Å². The highest BCUT2D eigenvalue weighted by Crippen LogP contribution is 2.33. The van der Waals surface area contributed by atoms with Crippen LogP contribution in [-0.2, 0) is 0 Å². The van der Waals surface area contributed by atoms with Gasteiger partial charge in [0.15, 0.2) is 16.7 Å². The quantitative estimate of drug-likeness (QED) is 0.401. The maximum atomic E-state index is 12.8. The van der Waals surface area contributed by atoms with Gasteiger partial charge in [0.2, 0.25) is 6.79 Å². The number of ether oxygens (including phenoxy) is 2. The molecule has 128 valence electrons. The Labute approximate surface area is 154 Å². The first-order valence-electron chi connectivity index (χ1n) is 7.92. The summed E-state index contributed by atoms with van der Waals surface area (Å²) in [6, 6.07) is 13.1. The van der Waals surface area contributed by atoms with Gasteiger partial charge in [-0.2, -0.15) is 0 Å². The number of allylic oxidation sites excluding steroid dienone is 1. The highest BCUT2D eigenvalue weighted by molar-refractivity contribution is 7.99. The highest BCUT2D eigenvalue weighted by atomic mass is 32.2. The summed E-state index contributed by atoms with van der Waals surface area (Å²) in [5.74, 6) is 4.21. The zero-order valence-corrected chi connectivity index (χ0v) is 14.5. The molecule has 26 heavy (non-hydrogen) atoms. The molecule has 0 aliphatic carbocycles. The molecule has 0 N–H and O–H groups in total. The van der Waals surface area contributed by atoms with E-state index in [9.17, 15) is 4.79 Å². The largest absolute Gasteiger partial charge is 0.454 e. The Kier molecular flexibility index (Phi) is 4.38. The minimum absolute atomic E-state index is 0.184. The number of hydrogen-bond donors (Lipinski definition) is 0. The molecule has 0 fully saturated rings. The van der Waals surface area contributed by atoms with Crippen LogP contribution < -0.4 is 9.47 Å². The van der Waals surface area contributed by atoms with Crippen molar-refractivity contribution in [2.24, 2.45) is 0 Å². The van der Waals surface area contributed by atoms with Gasteiger partial charge in [-0.05, 0) is 35.9 Å². The van der Waals surface area contributed by atoms with E-state index in [4.69, 9.17) is 15.9 Å². The number of para-hydroxylation sites is 2. The minimum atomic E-state index is -0.184.